The summed E-state index contributed by atoms with van der Waals surface area (Å²) in [6, 6.07) is 11.4. The van der Waals surface area contributed by atoms with E-state index in [0.29, 0.717) is 21.2 Å². The third kappa shape index (κ3) is 3.56. The lowest BCUT2D eigenvalue weighted by atomic mass is 9.94. The Balaban J connectivity index is 1.91. The molecule has 0 unspecified atom stereocenters. The standard InChI is InChI=1S/C23H21Cl2NO3/c1-13-6-8-14(9-7-13)21(27)19-20(17-11-10-15(24)12-18(17)25)26(23(29)22(19)28)16-4-2-3-5-16/h6-12,16,20,27H,2-5H2,1H3/t20-/m0/s1. The SMILES string of the molecule is Cc1ccc(C(O)=C2C(=O)C(=O)N(C3CCCC3)[C@H]2c2ccc(Cl)cc2Cl)cc1. The van der Waals surface area contributed by atoms with Crippen molar-refractivity contribution in [1.29, 1.82) is 0 Å². The monoisotopic (exact) mass is 429 g/mol. The minimum absolute atomic E-state index is 0.0495. The van der Waals surface area contributed by atoms with E-state index >= 15 is 0 Å². The van der Waals surface area contributed by atoms with Crippen LogP contribution < -0.4 is 0 Å². The summed E-state index contributed by atoms with van der Waals surface area (Å²) in [6.45, 7) is 1.94. The number of aliphatic hydroxyl groups is 1. The third-order valence-corrected chi connectivity index (χ3v) is 6.34. The number of hydrogen-bond donors (Lipinski definition) is 1. The highest BCUT2D eigenvalue weighted by atomic mass is 35.5. The summed E-state index contributed by atoms with van der Waals surface area (Å²) in [7, 11) is 0. The fraction of sp³-hybridized carbons (Fsp3) is 0.304. The summed E-state index contributed by atoms with van der Waals surface area (Å²) in [5, 5.41) is 11.9. The lowest BCUT2D eigenvalue weighted by molar-refractivity contribution is -0.141. The Morgan fingerprint density at radius 3 is 2.31 bits per heavy atom. The molecular weight excluding hydrogens is 409 g/mol. The number of benzene rings is 2. The first kappa shape index (κ1) is 20.0. The van der Waals surface area contributed by atoms with Crippen molar-refractivity contribution in [2.24, 2.45) is 0 Å². The zero-order valence-electron chi connectivity index (χ0n) is 16.0. The second-order valence-electron chi connectivity index (χ2n) is 7.68. The minimum Gasteiger partial charge on any atom is -0.507 e. The van der Waals surface area contributed by atoms with Crippen molar-refractivity contribution in [3.8, 4) is 0 Å². The summed E-state index contributed by atoms with van der Waals surface area (Å²) >= 11 is 12.5. The van der Waals surface area contributed by atoms with Crippen LogP contribution in [-0.2, 0) is 9.59 Å². The molecule has 1 N–H and O–H groups in total. The number of hydrogen-bond acceptors (Lipinski definition) is 3. The number of rotatable bonds is 3. The Morgan fingerprint density at radius 2 is 1.69 bits per heavy atom. The molecule has 0 aromatic heterocycles. The topological polar surface area (TPSA) is 57.6 Å². The molecule has 1 aliphatic heterocycles. The average molecular weight is 430 g/mol. The van der Waals surface area contributed by atoms with Crippen LogP contribution in [0.25, 0.3) is 5.76 Å². The Bertz CT molecular complexity index is 1010. The van der Waals surface area contributed by atoms with Crippen LogP contribution in [-0.4, -0.2) is 27.7 Å². The van der Waals surface area contributed by atoms with Crippen LogP contribution in [0.2, 0.25) is 10.0 Å². The molecule has 4 rings (SSSR count). The lowest BCUT2D eigenvalue weighted by Crippen LogP contribution is -2.37. The maximum Gasteiger partial charge on any atom is 0.295 e. The Hall–Kier alpha value is -2.30. The predicted octanol–water partition coefficient (Wildman–Crippen LogP) is 5.67. The lowest BCUT2D eigenvalue weighted by Gasteiger charge is -2.31. The summed E-state index contributed by atoms with van der Waals surface area (Å²) in [4.78, 5) is 27.7. The van der Waals surface area contributed by atoms with E-state index in [2.05, 4.69) is 0 Å². The van der Waals surface area contributed by atoms with Crippen LogP contribution in [0.15, 0.2) is 48.0 Å². The van der Waals surface area contributed by atoms with Crippen LogP contribution in [0.5, 0.6) is 0 Å². The van der Waals surface area contributed by atoms with Gasteiger partial charge in [0.2, 0.25) is 0 Å². The van der Waals surface area contributed by atoms with Gasteiger partial charge in [0.1, 0.15) is 5.76 Å². The van der Waals surface area contributed by atoms with Crippen molar-refractivity contribution >= 4 is 40.7 Å². The molecule has 0 radical (unpaired) electrons. The van der Waals surface area contributed by atoms with Gasteiger partial charge in [0.05, 0.1) is 11.6 Å². The Morgan fingerprint density at radius 1 is 1.03 bits per heavy atom. The van der Waals surface area contributed by atoms with Gasteiger partial charge in [-0.1, -0.05) is 71.9 Å². The van der Waals surface area contributed by atoms with E-state index < -0.39 is 17.7 Å². The molecule has 1 amide bonds. The van der Waals surface area contributed by atoms with Gasteiger partial charge in [-0.3, -0.25) is 9.59 Å². The van der Waals surface area contributed by atoms with Crippen LogP contribution in [0.1, 0.15) is 48.4 Å². The first-order valence-corrected chi connectivity index (χ1v) is 10.5. The van der Waals surface area contributed by atoms with Gasteiger partial charge in [0, 0.05) is 21.7 Å². The van der Waals surface area contributed by atoms with Crippen molar-refractivity contribution < 1.29 is 14.7 Å². The number of ketones is 1. The molecule has 1 aliphatic carbocycles. The van der Waals surface area contributed by atoms with Gasteiger partial charge in [0.25, 0.3) is 11.7 Å². The largest absolute Gasteiger partial charge is 0.507 e. The van der Waals surface area contributed by atoms with Crippen LogP contribution in [0.3, 0.4) is 0 Å². The Labute approximate surface area is 179 Å². The summed E-state index contributed by atoms with van der Waals surface area (Å²) < 4.78 is 0. The number of carbonyl (C=O) groups is 2. The molecule has 1 atom stereocenters. The van der Waals surface area contributed by atoms with E-state index in [1.54, 1.807) is 35.2 Å². The summed E-state index contributed by atoms with van der Waals surface area (Å²) in [6.07, 6.45) is 3.68. The van der Waals surface area contributed by atoms with Gasteiger partial charge in [-0.2, -0.15) is 0 Å². The van der Waals surface area contributed by atoms with Crippen molar-refractivity contribution in [1.82, 2.24) is 4.90 Å². The minimum atomic E-state index is -0.732. The van der Waals surface area contributed by atoms with Crippen LogP contribution in [0.4, 0.5) is 0 Å². The smallest absolute Gasteiger partial charge is 0.295 e. The third-order valence-electron chi connectivity index (χ3n) is 5.78. The molecule has 1 heterocycles. The first-order valence-electron chi connectivity index (χ1n) is 9.70. The van der Waals surface area contributed by atoms with Gasteiger partial charge in [-0.25, -0.2) is 0 Å². The Kier molecular flexibility index (Phi) is 5.41. The fourth-order valence-corrected chi connectivity index (χ4v) is 4.82. The number of aliphatic hydroxyl groups excluding tert-OH is 1. The molecule has 29 heavy (non-hydrogen) atoms. The number of Topliss-reactive ketones (excluding diaryl/α,β-unsaturated/α-hetero) is 1. The molecule has 0 bridgehead atoms. The molecule has 0 spiro atoms. The van der Waals surface area contributed by atoms with Gasteiger partial charge in [-0.15, -0.1) is 0 Å². The average Bonchev–Trinajstić information content (AvgIpc) is 3.29. The molecule has 150 valence electrons. The van der Waals surface area contributed by atoms with Crippen molar-refractivity contribution in [3.05, 3.63) is 74.8 Å². The van der Waals surface area contributed by atoms with Crippen molar-refractivity contribution in [3.63, 3.8) is 0 Å². The molecule has 1 saturated carbocycles. The highest BCUT2D eigenvalue weighted by Crippen LogP contribution is 2.45. The normalized spacial score (nSPS) is 21.9. The van der Waals surface area contributed by atoms with E-state index in [-0.39, 0.29) is 17.4 Å². The summed E-state index contributed by atoms with van der Waals surface area (Å²) in [5.41, 5.74) is 2.20. The van der Waals surface area contributed by atoms with E-state index in [4.69, 9.17) is 23.2 Å². The van der Waals surface area contributed by atoms with Crippen LogP contribution >= 0.6 is 23.2 Å². The molecule has 6 heteroatoms. The molecule has 4 nitrogen and oxygen atoms in total. The molecule has 1 saturated heterocycles. The van der Waals surface area contributed by atoms with E-state index in [9.17, 15) is 14.7 Å². The maximum absolute atomic E-state index is 13.0. The van der Waals surface area contributed by atoms with Crippen LogP contribution in [0, 0.1) is 6.92 Å². The van der Waals surface area contributed by atoms with Gasteiger partial charge >= 0.3 is 0 Å². The highest BCUT2D eigenvalue weighted by molar-refractivity contribution is 6.47. The number of carbonyl (C=O) groups excluding carboxylic acids is 2. The summed E-state index contributed by atoms with van der Waals surface area (Å²) in [5.74, 6) is -1.44. The van der Waals surface area contributed by atoms with Gasteiger partial charge in [-0.05, 0) is 37.5 Å². The molecular formula is C23H21Cl2NO3. The maximum atomic E-state index is 13.0. The van der Waals surface area contributed by atoms with Crippen molar-refractivity contribution in [2.45, 2.75) is 44.7 Å². The van der Waals surface area contributed by atoms with E-state index in [1.807, 2.05) is 19.1 Å². The number of aryl methyl sites for hydroxylation is 1. The zero-order valence-corrected chi connectivity index (χ0v) is 17.5. The molecule has 2 aliphatic rings. The van der Waals surface area contributed by atoms with Crippen molar-refractivity contribution in [2.75, 3.05) is 0 Å². The number of likely N-dealkylation sites (tertiary alicyclic amines) is 1. The zero-order chi connectivity index (χ0) is 20.7. The predicted molar refractivity (Wildman–Crippen MR) is 114 cm³/mol. The van der Waals surface area contributed by atoms with Gasteiger partial charge in [0.15, 0.2) is 0 Å². The fourth-order valence-electron chi connectivity index (χ4n) is 4.30. The second kappa shape index (κ2) is 7.85. The second-order valence-corrected chi connectivity index (χ2v) is 8.52. The highest BCUT2D eigenvalue weighted by Gasteiger charge is 2.49. The molecule has 2 aromatic rings. The first-order chi connectivity index (χ1) is 13.9. The molecule has 2 aromatic carbocycles. The van der Waals surface area contributed by atoms with E-state index in [0.717, 1.165) is 31.2 Å². The van der Waals surface area contributed by atoms with Gasteiger partial charge < -0.3 is 10.0 Å². The molecule has 2 fully saturated rings. The number of halogens is 2. The number of nitrogens with zero attached hydrogens (tertiary/aromatic N) is 1. The quantitative estimate of drug-likeness (QED) is 0.388. The van der Waals surface area contributed by atoms with E-state index in [1.165, 1.54) is 0 Å². The number of amides is 1.